The van der Waals surface area contributed by atoms with Gasteiger partial charge in [-0.25, -0.2) is 0 Å². The third-order valence-corrected chi connectivity index (χ3v) is 3.09. The number of hydrogen-bond donors (Lipinski definition) is 2. The highest BCUT2D eigenvalue weighted by atomic mass is 16.3. The molecule has 64 valence electrons. The van der Waals surface area contributed by atoms with Crippen molar-refractivity contribution in [3.05, 3.63) is 0 Å². The van der Waals surface area contributed by atoms with Crippen molar-refractivity contribution >= 4 is 0 Å². The fourth-order valence-electron chi connectivity index (χ4n) is 1.78. The standard InChI is InChI=1S/C9H16O2/c10-8(6-2-1-3-6)9(11)7-4-5-7/h6-11H,1-5H2. The smallest absolute Gasteiger partial charge is 0.0829 e. The van der Waals surface area contributed by atoms with Crippen LogP contribution in [0.3, 0.4) is 0 Å². The van der Waals surface area contributed by atoms with Gasteiger partial charge in [-0.15, -0.1) is 0 Å². The first kappa shape index (κ1) is 7.56. The Morgan fingerprint density at radius 2 is 1.27 bits per heavy atom. The van der Waals surface area contributed by atoms with Crippen LogP contribution in [0.1, 0.15) is 32.1 Å². The van der Waals surface area contributed by atoms with Gasteiger partial charge in [-0.2, -0.15) is 0 Å². The van der Waals surface area contributed by atoms with E-state index in [1.165, 1.54) is 6.42 Å². The summed E-state index contributed by atoms with van der Waals surface area (Å²) in [7, 11) is 0. The number of rotatable bonds is 3. The summed E-state index contributed by atoms with van der Waals surface area (Å²) >= 11 is 0. The number of aliphatic hydroxyl groups excluding tert-OH is 2. The predicted octanol–water partition coefficient (Wildman–Crippen LogP) is 0.918. The van der Waals surface area contributed by atoms with Crippen LogP contribution in [0.4, 0.5) is 0 Å². The van der Waals surface area contributed by atoms with Crippen molar-refractivity contribution in [2.75, 3.05) is 0 Å². The van der Waals surface area contributed by atoms with Gasteiger partial charge in [0.25, 0.3) is 0 Å². The minimum atomic E-state index is -0.420. The van der Waals surface area contributed by atoms with Crippen molar-refractivity contribution < 1.29 is 10.2 Å². The Morgan fingerprint density at radius 3 is 1.55 bits per heavy atom. The highest BCUT2D eigenvalue weighted by Gasteiger charge is 2.39. The molecule has 2 nitrogen and oxygen atoms in total. The Labute approximate surface area is 67.2 Å². The van der Waals surface area contributed by atoms with Crippen LogP contribution in [-0.4, -0.2) is 22.4 Å². The van der Waals surface area contributed by atoms with Crippen molar-refractivity contribution in [3.8, 4) is 0 Å². The summed E-state index contributed by atoms with van der Waals surface area (Å²) in [5.74, 6) is 0.830. The lowest BCUT2D eigenvalue weighted by atomic mass is 9.78. The van der Waals surface area contributed by atoms with E-state index in [0.717, 1.165) is 25.7 Å². The van der Waals surface area contributed by atoms with Gasteiger partial charge in [0, 0.05) is 0 Å². The molecule has 0 aliphatic heterocycles. The molecule has 0 bridgehead atoms. The third-order valence-electron chi connectivity index (χ3n) is 3.09. The molecular weight excluding hydrogens is 140 g/mol. The molecule has 0 aromatic heterocycles. The van der Waals surface area contributed by atoms with E-state index < -0.39 is 12.2 Å². The Bertz CT molecular complexity index is 138. The monoisotopic (exact) mass is 156 g/mol. The quantitative estimate of drug-likeness (QED) is 0.638. The van der Waals surface area contributed by atoms with Crippen molar-refractivity contribution in [2.24, 2.45) is 11.8 Å². The van der Waals surface area contributed by atoms with E-state index in [2.05, 4.69) is 0 Å². The molecule has 2 unspecified atom stereocenters. The van der Waals surface area contributed by atoms with Crippen molar-refractivity contribution in [2.45, 2.75) is 44.3 Å². The zero-order valence-electron chi connectivity index (χ0n) is 6.74. The molecule has 0 amide bonds. The maximum Gasteiger partial charge on any atom is 0.0829 e. The fourth-order valence-corrected chi connectivity index (χ4v) is 1.78. The van der Waals surface area contributed by atoms with Gasteiger partial charge in [-0.05, 0) is 37.5 Å². The summed E-state index contributed by atoms with van der Waals surface area (Å²) in [6, 6.07) is 0. The molecule has 0 radical (unpaired) electrons. The second-order valence-electron chi connectivity index (χ2n) is 4.01. The van der Waals surface area contributed by atoms with Gasteiger partial charge in [0.15, 0.2) is 0 Å². The van der Waals surface area contributed by atoms with Gasteiger partial charge < -0.3 is 10.2 Å². The zero-order chi connectivity index (χ0) is 7.84. The summed E-state index contributed by atoms with van der Waals surface area (Å²) in [6.07, 6.45) is 4.86. The average molecular weight is 156 g/mol. The van der Waals surface area contributed by atoms with Crippen LogP contribution >= 0.6 is 0 Å². The van der Waals surface area contributed by atoms with E-state index in [-0.39, 0.29) is 0 Å². The molecule has 2 saturated carbocycles. The second kappa shape index (κ2) is 2.76. The molecule has 0 spiro atoms. The van der Waals surface area contributed by atoms with Crippen LogP contribution in [0.2, 0.25) is 0 Å². The van der Waals surface area contributed by atoms with E-state index in [1.807, 2.05) is 0 Å². The normalized spacial score (nSPS) is 31.1. The lowest BCUT2D eigenvalue weighted by Crippen LogP contribution is -2.38. The van der Waals surface area contributed by atoms with Gasteiger partial charge in [-0.1, -0.05) is 6.42 Å². The number of hydrogen-bond acceptors (Lipinski definition) is 2. The summed E-state index contributed by atoms with van der Waals surface area (Å²) in [4.78, 5) is 0. The van der Waals surface area contributed by atoms with E-state index in [0.29, 0.717) is 11.8 Å². The van der Waals surface area contributed by atoms with E-state index >= 15 is 0 Å². The second-order valence-corrected chi connectivity index (χ2v) is 4.01. The van der Waals surface area contributed by atoms with Crippen molar-refractivity contribution in [1.29, 1.82) is 0 Å². The molecule has 2 rings (SSSR count). The number of aliphatic hydroxyl groups is 2. The van der Waals surface area contributed by atoms with E-state index in [1.54, 1.807) is 0 Å². The van der Waals surface area contributed by atoms with Gasteiger partial charge in [0.1, 0.15) is 0 Å². The predicted molar refractivity (Wildman–Crippen MR) is 42.1 cm³/mol. The van der Waals surface area contributed by atoms with Crippen molar-refractivity contribution in [3.63, 3.8) is 0 Å². The molecule has 2 aliphatic carbocycles. The summed E-state index contributed by atoms with van der Waals surface area (Å²) in [5, 5.41) is 19.1. The summed E-state index contributed by atoms with van der Waals surface area (Å²) in [5.41, 5.74) is 0. The highest BCUT2D eigenvalue weighted by Crippen LogP contribution is 2.39. The molecule has 11 heavy (non-hydrogen) atoms. The third kappa shape index (κ3) is 1.42. The van der Waals surface area contributed by atoms with Crippen LogP contribution in [0.5, 0.6) is 0 Å². The first-order valence-electron chi connectivity index (χ1n) is 4.65. The first-order chi connectivity index (χ1) is 5.29. The summed E-state index contributed by atoms with van der Waals surface area (Å²) in [6.45, 7) is 0. The van der Waals surface area contributed by atoms with Gasteiger partial charge >= 0.3 is 0 Å². The first-order valence-corrected chi connectivity index (χ1v) is 4.65. The van der Waals surface area contributed by atoms with Crippen LogP contribution in [0, 0.1) is 11.8 Å². The Morgan fingerprint density at radius 1 is 0.818 bits per heavy atom. The molecule has 2 fully saturated rings. The molecule has 0 saturated heterocycles. The molecule has 2 atom stereocenters. The summed E-state index contributed by atoms with van der Waals surface area (Å²) < 4.78 is 0. The molecule has 0 aromatic rings. The van der Waals surface area contributed by atoms with Gasteiger partial charge in [0.05, 0.1) is 12.2 Å². The highest BCUT2D eigenvalue weighted by molar-refractivity contribution is 4.90. The molecular formula is C9H16O2. The van der Waals surface area contributed by atoms with Crippen LogP contribution in [-0.2, 0) is 0 Å². The Kier molecular flexibility index (Phi) is 1.90. The van der Waals surface area contributed by atoms with Gasteiger partial charge in [0.2, 0.25) is 0 Å². The molecule has 0 aromatic carbocycles. The zero-order valence-corrected chi connectivity index (χ0v) is 6.74. The molecule has 2 N–H and O–H groups in total. The Hall–Kier alpha value is -0.0800. The SMILES string of the molecule is OC(C1CCC1)C(O)C1CC1. The lowest BCUT2D eigenvalue weighted by Gasteiger charge is -2.33. The maximum absolute atomic E-state index is 9.60. The molecule has 2 heteroatoms. The minimum absolute atomic E-state index is 0.408. The minimum Gasteiger partial charge on any atom is -0.390 e. The molecule has 2 aliphatic rings. The average Bonchev–Trinajstić information content (AvgIpc) is 2.62. The Balaban J connectivity index is 1.81. The van der Waals surface area contributed by atoms with Gasteiger partial charge in [-0.3, -0.25) is 0 Å². The van der Waals surface area contributed by atoms with Crippen LogP contribution < -0.4 is 0 Å². The largest absolute Gasteiger partial charge is 0.390 e. The maximum atomic E-state index is 9.60. The van der Waals surface area contributed by atoms with Crippen LogP contribution in [0.15, 0.2) is 0 Å². The van der Waals surface area contributed by atoms with E-state index in [4.69, 9.17) is 0 Å². The van der Waals surface area contributed by atoms with E-state index in [9.17, 15) is 10.2 Å². The topological polar surface area (TPSA) is 40.5 Å². The fraction of sp³-hybridized carbons (Fsp3) is 1.00. The lowest BCUT2D eigenvalue weighted by molar-refractivity contribution is -0.0489. The molecule has 0 heterocycles. The van der Waals surface area contributed by atoms with Crippen LogP contribution in [0.25, 0.3) is 0 Å². The van der Waals surface area contributed by atoms with Crippen molar-refractivity contribution in [1.82, 2.24) is 0 Å².